The molecule has 1 rings (SSSR count). The van der Waals surface area contributed by atoms with Gasteiger partial charge in [-0.15, -0.1) is 0 Å². The molecule has 0 aliphatic heterocycles. The van der Waals surface area contributed by atoms with Crippen LogP contribution >= 0.6 is 0 Å². The van der Waals surface area contributed by atoms with E-state index >= 15 is 0 Å². The average molecular weight is 143 g/mol. The molecule has 0 atom stereocenters. The highest BCUT2D eigenvalue weighted by molar-refractivity contribution is 5.46. The number of hydrogen-bond donors (Lipinski definition) is 2. The van der Waals surface area contributed by atoms with Gasteiger partial charge >= 0.3 is 0 Å². The minimum absolute atomic E-state index is 0.135. The highest BCUT2D eigenvalue weighted by Gasteiger charge is 2.17. The van der Waals surface area contributed by atoms with E-state index in [-0.39, 0.29) is 6.10 Å². The van der Waals surface area contributed by atoms with Crippen LogP contribution in [0.2, 0.25) is 0 Å². The van der Waals surface area contributed by atoms with E-state index in [0.29, 0.717) is 6.04 Å². The molecule has 1 fully saturated rings. The molecular weight excluding hydrogens is 130 g/mol. The summed E-state index contributed by atoms with van der Waals surface area (Å²) in [4.78, 5) is 9.98. The fourth-order valence-electron chi connectivity index (χ4n) is 1.34. The fourth-order valence-corrected chi connectivity index (χ4v) is 1.34. The molecule has 0 aromatic rings. The Balaban J connectivity index is 2.19. The zero-order valence-electron chi connectivity index (χ0n) is 5.92. The Morgan fingerprint density at radius 2 is 1.90 bits per heavy atom. The lowest BCUT2D eigenvalue weighted by atomic mass is 9.93. The third kappa shape index (κ3) is 1.99. The maximum Gasteiger partial charge on any atom is 0.207 e. The van der Waals surface area contributed by atoms with Crippen LogP contribution in [0, 0.1) is 0 Å². The van der Waals surface area contributed by atoms with Crippen molar-refractivity contribution >= 4 is 6.41 Å². The summed E-state index contributed by atoms with van der Waals surface area (Å²) in [6, 6.07) is 0.306. The van der Waals surface area contributed by atoms with Crippen molar-refractivity contribution in [1.82, 2.24) is 5.32 Å². The first kappa shape index (κ1) is 7.54. The minimum Gasteiger partial charge on any atom is -0.393 e. The van der Waals surface area contributed by atoms with Crippen LogP contribution in [0.1, 0.15) is 25.7 Å². The molecule has 0 aromatic carbocycles. The number of carbonyl (C=O) groups excluding carboxylic acids is 1. The van der Waals surface area contributed by atoms with Crippen LogP contribution in [0.5, 0.6) is 0 Å². The molecule has 1 aliphatic carbocycles. The van der Waals surface area contributed by atoms with Crippen molar-refractivity contribution in [3.05, 3.63) is 0 Å². The Bertz CT molecular complexity index is 108. The molecule has 1 amide bonds. The van der Waals surface area contributed by atoms with Gasteiger partial charge in [-0.05, 0) is 25.7 Å². The van der Waals surface area contributed by atoms with Gasteiger partial charge in [0.25, 0.3) is 0 Å². The molecule has 0 saturated heterocycles. The quantitative estimate of drug-likeness (QED) is 0.536. The van der Waals surface area contributed by atoms with E-state index in [0.717, 1.165) is 32.1 Å². The summed E-state index contributed by atoms with van der Waals surface area (Å²) in [5.74, 6) is 0. The molecule has 0 spiro atoms. The average Bonchev–Trinajstić information content (AvgIpc) is 1.95. The molecule has 10 heavy (non-hydrogen) atoms. The van der Waals surface area contributed by atoms with Crippen molar-refractivity contribution in [2.75, 3.05) is 0 Å². The molecule has 0 aromatic heterocycles. The van der Waals surface area contributed by atoms with Gasteiger partial charge in [0.15, 0.2) is 0 Å². The van der Waals surface area contributed by atoms with Crippen molar-refractivity contribution in [3.8, 4) is 0 Å². The van der Waals surface area contributed by atoms with Gasteiger partial charge < -0.3 is 10.4 Å². The minimum atomic E-state index is -0.135. The molecule has 1 saturated carbocycles. The molecule has 0 bridgehead atoms. The lowest BCUT2D eigenvalue weighted by Gasteiger charge is -2.24. The lowest BCUT2D eigenvalue weighted by molar-refractivity contribution is -0.110. The summed E-state index contributed by atoms with van der Waals surface area (Å²) < 4.78 is 0. The largest absolute Gasteiger partial charge is 0.393 e. The van der Waals surface area contributed by atoms with Gasteiger partial charge in [0.1, 0.15) is 0 Å². The summed E-state index contributed by atoms with van der Waals surface area (Å²) in [5, 5.41) is 11.8. The van der Waals surface area contributed by atoms with E-state index in [1.54, 1.807) is 0 Å². The molecule has 0 heterocycles. The number of aliphatic hydroxyl groups is 1. The van der Waals surface area contributed by atoms with Gasteiger partial charge in [-0.25, -0.2) is 0 Å². The molecule has 0 radical (unpaired) electrons. The first-order valence-electron chi connectivity index (χ1n) is 3.70. The van der Waals surface area contributed by atoms with Crippen molar-refractivity contribution in [1.29, 1.82) is 0 Å². The van der Waals surface area contributed by atoms with Crippen LogP contribution in [0.3, 0.4) is 0 Å². The topological polar surface area (TPSA) is 49.3 Å². The van der Waals surface area contributed by atoms with Crippen LogP contribution < -0.4 is 5.32 Å². The molecule has 0 unspecified atom stereocenters. The van der Waals surface area contributed by atoms with E-state index < -0.39 is 0 Å². The Morgan fingerprint density at radius 3 is 2.40 bits per heavy atom. The molecule has 3 nitrogen and oxygen atoms in total. The molecular formula is C7H13NO2. The molecule has 3 heteroatoms. The Morgan fingerprint density at radius 1 is 1.30 bits per heavy atom. The van der Waals surface area contributed by atoms with Gasteiger partial charge in [0, 0.05) is 6.04 Å². The maximum atomic E-state index is 9.98. The van der Waals surface area contributed by atoms with Crippen LogP contribution in [0.25, 0.3) is 0 Å². The Kier molecular flexibility index (Phi) is 2.68. The third-order valence-corrected chi connectivity index (χ3v) is 2.00. The number of aliphatic hydroxyl groups excluding tert-OH is 1. The van der Waals surface area contributed by atoms with Crippen molar-refractivity contribution in [2.45, 2.75) is 37.8 Å². The molecule has 58 valence electrons. The van der Waals surface area contributed by atoms with Crippen molar-refractivity contribution < 1.29 is 9.90 Å². The summed E-state index contributed by atoms with van der Waals surface area (Å²) in [6.45, 7) is 0. The van der Waals surface area contributed by atoms with Crippen LogP contribution in [0.4, 0.5) is 0 Å². The summed E-state index contributed by atoms with van der Waals surface area (Å²) in [7, 11) is 0. The predicted molar refractivity (Wildman–Crippen MR) is 37.5 cm³/mol. The second kappa shape index (κ2) is 3.56. The number of nitrogens with one attached hydrogen (secondary N) is 1. The lowest BCUT2D eigenvalue weighted by Crippen LogP contribution is -2.33. The fraction of sp³-hybridized carbons (Fsp3) is 0.857. The zero-order valence-corrected chi connectivity index (χ0v) is 5.92. The van der Waals surface area contributed by atoms with Gasteiger partial charge in [-0.1, -0.05) is 0 Å². The molecule has 1 aliphatic rings. The van der Waals surface area contributed by atoms with Gasteiger partial charge in [0.05, 0.1) is 6.10 Å². The number of rotatable bonds is 2. The second-order valence-corrected chi connectivity index (χ2v) is 2.79. The van der Waals surface area contributed by atoms with E-state index in [4.69, 9.17) is 5.11 Å². The van der Waals surface area contributed by atoms with Crippen LogP contribution in [0.15, 0.2) is 0 Å². The van der Waals surface area contributed by atoms with Gasteiger partial charge in [-0.3, -0.25) is 4.79 Å². The summed E-state index contributed by atoms with van der Waals surface area (Å²) in [6.07, 6.45) is 4.09. The van der Waals surface area contributed by atoms with Crippen LogP contribution in [-0.2, 0) is 4.79 Å². The summed E-state index contributed by atoms with van der Waals surface area (Å²) >= 11 is 0. The van der Waals surface area contributed by atoms with Crippen molar-refractivity contribution in [3.63, 3.8) is 0 Å². The number of amides is 1. The van der Waals surface area contributed by atoms with Gasteiger partial charge in [-0.2, -0.15) is 0 Å². The van der Waals surface area contributed by atoms with E-state index in [2.05, 4.69) is 5.32 Å². The predicted octanol–water partition coefficient (Wildman–Crippen LogP) is 0.0359. The standard InChI is InChI=1S/C7H13NO2/c9-5-8-6-1-3-7(10)4-2-6/h5-7,10H,1-4H2,(H,8,9)/t6-,7+. The number of hydrogen-bond acceptors (Lipinski definition) is 2. The second-order valence-electron chi connectivity index (χ2n) is 2.79. The SMILES string of the molecule is O=CN[C@H]1CC[C@@H](O)CC1. The maximum absolute atomic E-state index is 9.98. The zero-order chi connectivity index (χ0) is 7.40. The Labute approximate surface area is 60.4 Å². The first-order chi connectivity index (χ1) is 4.83. The smallest absolute Gasteiger partial charge is 0.207 e. The normalized spacial score (nSPS) is 33.3. The first-order valence-corrected chi connectivity index (χ1v) is 3.70. The van der Waals surface area contributed by atoms with Crippen LogP contribution in [-0.4, -0.2) is 23.7 Å². The molecule has 2 N–H and O–H groups in total. The highest BCUT2D eigenvalue weighted by atomic mass is 16.3. The van der Waals surface area contributed by atoms with Gasteiger partial charge in [0.2, 0.25) is 6.41 Å². The van der Waals surface area contributed by atoms with E-state index in [1.165, 1.54) is 0 Å². The highest BCUT2D eigenvalue weighted by Crippen LogP contribution is 2.17. The van der Waals surface area contributed by atoms with E-state index in [1.807, 2.05) is 0 Å². The van der Waals surface area contributed by atoms with Crippen molar-refractivity contribution in [2.24, 2.45) is 0 Å². The third-order valence-electron chi connectivity index (χ3n) is 2.00. The van der Waals surface area contributed by atoms with E-state index in [9.17, 15) is 4.79 Å². The number of carbonyl (C=O) groups is 1. The monoisotopic (exact) mass is 143 g/mol. The Hall–Kier alpha value is -0.570. The summed E-state index contributed by atoms with van der Waals surface area (Å²) in [5.41, 5.74) is 0.